The first-order valence-corrected chi connectivity index (χ1v) is 6.51. The molecular weight excluding hydrogens is 278 g/mol. The van der Waals surface area contributed by atoms with Crippen molar-refractivity contribution in [2.24, 2.45) is 0 Å². The predicted molar refractivity (Wildman–Crippen MR) is 71.8 cm³/mol. The van der Waals surface area contributed by atoms with E-state index < -0.39 is 11.6 Å². The SMILES string of the molecule is O=C(Cc1ccc(F)cc1F)c1cccc2c1OCCO2. The highest BCUT2D eigenvalue weighted by Gasteiger charge is 2.21. The van der Waals surface area contributed by atoms with Gasteiger partial charge in [-0.2, -0.15) is 0 Å². The molecule has 5 heteroatoms. The van der Waals surface area contributed by atoms with Crippen LogP contribution >= 0.6 is 0 Å². The van der Waals surface area contributed by atoms with Gasteiger partial charge in [-0.05, 0) is 23.8 Å². The Hall–Kier alpha value is -2.43. The van der Waals surface area contributed by atoms with E-state index in [-0.39, 0.29) is 17.8 Å². The van der Waals surface area contributed by atoms with E-state index in [4.69, 9.17) is 9.47 Å². The van der Waals surface area contributed by atoms with E-state index in [2.05, 4.69) is 0 Å². The van der Waals surface area contributed by atoms with Gasteiger partial charge in [-0.25, -0.2) is 8.78 Å². The molecule has 0 amide bonds. The number of halogens is 2. The van der Waals surface area contributed by atoms with Crippen LogP contribution in [0.15, 0.2) is 36.4 Å². The number of ketones is 1. The number of hydrogen-bond acceptors (Lipinski definition) is 3. The fourth-order valence-electron chi connectivity index (χ4n) is 2.23. The minimum Gasteiger partial charge on any atom is -0.486 e. The number of carbonyl (C=O) groups excluding carboxylic acids is 1. The third-order valence-electron chi connectivity index (χ3n) is 3.23. The molecule has 0 bridgehead atoms. The second kappa shape index (κ2) is 5.52. The van der Waals surface area contributed by atoms with Crippen LogP contribution in [0.2, 0.25) is 0 Å². The van der Waals surface area contributed by atoms with E-state index in [0.717, 1.165) is 12.1 Å². The summed E-state index contributed by atoms with van der Waals surface area (Å²) in [5.41, 5.74) is 0.492. The number of fused-ring (bicyclic) bond motifs is 1. The predicted octanol–water partition coefficient (Wildman–Crippen LogP) is 3.16. The topological polar surface area (TPSA) is 35.5 Å². The molecule has 0 unspecified atom stereocenters. The maximum absolute atomic E-state index is 13.6. The Morgan fingerprint density at radius 1 is 1.10 bits per heavy atom. The summed E-state index contributed by atoms with van der Waals surface area (Å²) in [5, 5.41) is 0. The summed E-state index contributed by atoms with van der Waals surface area (Å²) < 4.78 is 37.4. The van der Waals surface area contributed by atoms with Crippen LogP contribution in [-0.4, -0.2) is 19.0 Å². The van der Waals surface area contributed by atoms with Crippen LogP contribution in [-0.2, 0) is 6.42 Å². The maximum Gasteiger partial charge on any atom is 0.172 e. The van der Waals surface area contributed by atoms with Gasteiger partial charge in [0.15, 0.2) is 17.3 Å². The summed E-state index contributed by atoms with van der Waals surface area (Å²) >= 11 is 0. The molecule has 0 fully saturated rings. The number of rotatable bonds is 3. The van der Waals surface area contributed by atoms with Gasteiger partial charge in [0.25, 0.3) is 0 Å². The van der Waals surface area contributed by atoms with Crippen molar-refractivity contribution in [1.29, 1.82) is 0 Å². The Morgan fingerprint density at radius 2 is 1.90 bits per heavy atom. The van der Waals surface area contributed by atoms with Crippen molar-refractivity contribution < 1.29 is 23.0 Å². The van der Waals surface area contributed by atoms with Crippen molar-refractivity contribution >= 4 is 5.78 Å². The van der Waals surface area contributed by atoms with Crippen molar-refractivity contribution in [2.45, 2.75) is 6.42 Å². The van der Waals surface area contributed by atoms with E-state index in [0.29, 0.717) is 30.3 Å². The van der Waals surface area contributed by atoms with Crippen molar-refractivity contribution in [3.8, 4) is 11.5 Å². The number of benzene rings is 2. The molecule has 108 valence electrons. The van der Waals surface area contributed by atoms with Crippen LogP contribution in [0.3, 0.4) is 0 Å². The van der Waals surface area contributed by atoms with Crippen LogP contribution in [0.4, 0.5) is 8.78 Å². The highest BCUT2D eigenvalue weighted by atomic mass is 19.1. The summed E-state index contributed by atoms with van der Waals surface area (Å²) in [6.07, 6.45) is -0.161. The zero-order valence-corrected chi connectivity index (χ0v) is 11.1. The zero-order valence-electron chi connectivity index (χ0n) is 11.1. The third kappa shape index (κ3) is 2.72. The molecule has 0 radical (unpaired) electrons. The van der Waals surface area contributed by atoms with E-state index in [1.54, 1.807) is 18.2 Å². The average Bonchev–Trinajstić information content (AvgIpc) is 2.49. The molecule has 1 aliphatic rings. The van der Waals surface area contributed by atoms with Gasteiger partial charge >= 0.3 is 0 Å². The molecule has 3 rings (SSSR count). The third-order valence-corrected chi connectivity index (χ3v) is 3.23. The van der Waals surface area contributed by atoms with Crippen molar-refractivity contribution in [1.82, 2.24) is 0 Å². The Morgan fingerprint density at radius 3 is 2.71 bits per heavy atom. The Labute approximate surface area is 120 Å². The van der Waals surface area contributed by atoms with Gasteiger partial charge in [0.2, 0.25) is 0 Å². The van der Waals surface area contributed by atoms with Crippen LogP contribution in [0, 0.1) is 11.6 Å². The maximum atomic E-state index is 13.6. The van der Waals surface area contributed by atoms with E-state index >= 15 is 0 Å². The lowest BCUT2D eigenvalue weighted by molar-refractivity contribution is 0.0980. The van der Waals surface area contributed by atoms with E-state index in [1.165, 1.54) is 6.07 Å². The van der Waals surface area contributed by atoms with Crippen LogP contribution in [0.1, 0.15) is 15.9 Å². The number of Topliss-reactive ketones (excluding diaryl/α,β-unsaturated/α-hetero) is 1. The lowest BCUT2D eigenvalue weighted by Crippen LogP contribution is -2.18. The quantitative estimate of drug-likeness (QED) is 0.815. The van der Waals surface area contributed by atoms with Gasteiger partial charge in [-0.1, -0.05) is 12.1 Å². The highest BCUT2D eigenvalue weighted by Crippen LogP contribution is 2.34. The smallest absolute Gasteiger partial charge is 0.172 e. The standard InChI is InChI=1S/C16H12F2O3/c17-11-5-4-10(13(18)9-11)8-14(19)12-2-1-3-15-16(12)21-7-6-20-15/h1-5,9H,6-8H2. The summed E-state index contributed by atoms with van der Waals surface area (Å²) in [4.78, 5) is 12.3. The molecule has 2 aromatic rings. The normalized spacial score (nSPS) is 13.0. The minimum atomic E-state index is -0.731. The van der Waals surface area contributed by atoms with Gasteiger partial charge in [0.1, 0.15) is 24.8 Å². The molecule has 0 atom stereocenters. The van der Waals surface area contributed by atoms with Gasteiger partial charge in [-0.3, -0.25) is 4.79 Å². The summed E-state index contributed by atoms with van der Waals surface area (Å²) in [7, 11) is 0. The number of carbonyl (C=O) groups is 1. The number of ether oxygens (including phenoxy) is 2. The first-order chi connectivity index (χ1) is 10.1. The first-order valence-electron chi connectivity index (χ1n) is 6.51. The fraction of sp³-hybridized carbons (Fsp3) is 0.188. The van der Waals surface area contributed by atoms with Crippen LogP contribution in [0.25, 0.3) is 0 Å². The molecule has 0 N–H and O–H groups in total. The molecular formula is C16H12F2O3. The molecule has 0 saturated heterocycles. The lowest BCUT2D eigenvalue weighted by atomic mass is 10.0. The average molecular weight is 290 g/mol. The summed E-state index contributed by atoms with van der Waals surface area (Å²) in [5.74, 6) is -0.811. The molecule has 0 saturated carbocycles. The van der Waals surface area contributed by atoms with Gasteiger partial charge < -0.3 is 9.47 Å². The molecule has 0 aliphatic carbocycles. The molecule has 1 aliphatic heterocycles. The number of hydrogen-bond donors (Lipinski definition) is 0. The van der Waals surface area contributed by atoms with E-state index in [9.17, 15) is 13.6 Å². The monoisotopic (exact) mass is 290 g/mol. The minimum absolute atomic E-state index is 0.149. The molecule has 0 aromatic heterocycles. The fourth-order valence-corrected chi connectivity index (χ4v) is 2.23. The summed E-state index contributed by atoms with van der Waals surface area (Å²) in [6.45, 7) is 0.791. The van der Waals surface area contributed by atoms with Crippen molar-refractivity contribution in [3.63, 3.8) is 0 Å². The second-order valence-electron chi connectivity index (χ2n) is 4.67. The molecule has 2 aromatic carbocycles. The molecule has 21 heavy (non-hydrogen) atoms. The molecule has 0 spiro atoms. The lowest BCUT2D eigenvalue weighted by Gasteiger charge is -2.20. The Balaban J connectivity index is 1.89. The van der Waals surface area contributed by atoms with Crippen LogP contribution < -0.4 is 9.47 Å². The van der Waals surface area contributed by atoms with Crippen LogP contribution in [0.5, 0.6) is 11.5 Å². The Bertz CT molecular complexity index is 698. The van der Waals surface area contributed by atoms with Crippen molar-refractivity contribution in [3.05, 3.63) is 59.2 Å². The number of para-hydroxylation sites is 1. The van der Waals surface area contributed by atoms with Gasteiger partial charge in [-0.15, -0.1) is 0 Å². The van der Waals surface area contributed by atoms with Gasteiger partial charge in [0, 0.05) is 12.5 Å². The second-order valence-corrected chi connectivity index (χ2v) is 4.67. The molecule has 1 heterocycles. The largest absolute Gasteiger partial charge is 0.486 e. The summed E-state index contributed by atoms with van der Waals surface area (Å²) in [6, 6.07) is 8.17. The first kappa shape index (κ1) is 13.5. The Kier molecular flexibility index (Phi) is 3.56. The van der Waals surface area contributed by atoms with Crippen molar-refractivity contribution in [2.75, 3.05) is 13.2 Å². The highest BCUT2D eigenvalue weighted by molar-refractivity contribution is 6.00. The van der Waals surface area contributed by atoms with E-state index in [1.807, 2.05) is 0 Å². The zero-order chi connectivity index (χ0) is 14.8. The van der Waals surface area contributed by atoms with Gasteiger partial charge in [0.05, 0.1) is 5.56 Å². The molecule has 3 nitrogen and oxygen atoms in total.